The van der Waals surface area contributed by atoms with E-state index in [-0.39, 0.29) is 0 Å². The molecule has 0 saturated heterocycles. The van der Waals surface area contributed by atoms with Crippen molar-refractivity contribution in [3.05, 3.63) is 41.0 Å². The third-order valence-corrected chi connectivity index (χ3v) is 2.86. The van der Waals surface area contributed by atoms with E-state index in [2.05, 4.69) is 31.2 Å². The van der Waals surface area contributed by atoms with Gasteiger partial charge in [-0.3, -0.25) is 9.08 Å². The highest BCUT2D eigenvalue weighted by Gasteiger charge is 2.06. The molecule has 0 atom stereocenters. The predicted molar refractivity (Wildman–Crippen MR) is 66.4 cm³/mol. The summed E-state index contributed by atoms with van der Waals surface area (Å²) in [6.07, 6.45) is 5.30. The second-order valence-electron chi connectivity index (χ2n) is 3.66. The second-order valence-corrected chi connectivity index (χ2v) is 4.58. The predicted octanol–water partition coefficient (Wildman–Crippen LogP) is 1.32. The summed E-state index contributed by atoms with van der Waals surface area (Å²) >= 11 is 3.42. The lowest BCUT2D eigenvalue weighted by molar-refractivity contribution is 0.649. The van der Waals surface area contributed by atoms with Crippen molar-refractivity contribution >= 4 is 27.3 Å². The first-order valence-electron chi connectivity index (χ1n) is 4.99. The molecule has 6 nitrogen and oxygen atoms in total. The minimum absolute atomic E-state index is 0.537. The number of aromatic nitrogens is 5. The van der Waals surface area contributed by atoms with E-state index >= 15 is 0 Å². The van der Waals surface area contributed by atoms with Crippen LogP contribution in [-0.2, 0) is 6.54 Å². The Hall–Kier alpha value is -1.89. The molecule has 0 spiro atoms. The maximum Gasteiger partial charge on any atom is 0.160 e. The standard InChI is InChI=1S/C10H9BrN6/c11-7-1-2-9-14-15-10(17(9)4-7)6-16-5-8(12)3-13-16/h1-5H,6,12H2. The molecule has 17 heavy (non-hydrogen) atoms. The number of nitrogen functional groups attached to an aromatic ring is 1. The van der Waals surface area contributed by atoms with Gasteiger partial charge in [0.05, 0.1) is 11.9 Å². The summed E-state index contributed by atoms with van der Waals surface area (Å²) in [7, 11) is 0. The van der Waals surface area contributed by atoms with Crippen molar-refractivity contribution in [2.24, 2.45) is 0 Å². The van der Waals surface area contributed by atoms with E-state index in [1.807, 2.05) is 22.7 Å². The van der Waals surface area contributed by atoms with Crippen molar-refractivity contribution in [1.29, 1.82) is 0 Å². The molecule has 0 amide bonds. The van der Waals surface area contributed by atoms with Crippen LogP contribution in [0.3, 0.4) is 0 Å². The van der Waals surface area contributed by atoms with Gasteiger partial charge in [0, 0.05) is 16.9 Å². The van der Waals surface area contributed by atoms with Gasteiger partial charge >= 0.3 is 0 Å². The number of pyridine rings is 1. The van der Waals surface area contributed by atoms with E-state index in [0.717, 1.165) is 15.9 Å². The van der Waals surface area contributed by atoms with Crippen LogP contribution in [0.5, 0.6) is 0 Å². The topological polar surface area (TPSA) is 74.0 Å². The highest BCUT2D eigenvalue weighted by atomic mass is 79.9. The lowest BCUT2D eigenvalue weighted by Gasteiger charge is -2.00. The third kappa shape index (κ3) is 1.89. The number of nitrogens with zero attached hydrogens (tertiary/aromatic N) is 5. The number of nitrogens with two attached hydrogens (primary N) is 1. The lowest BCUT2D eigenvalue weighted by atomic mass is 10.4. The first-order chi connectivity index (χ1) is 8.22. The molecule has 3 aromatic heterocycles. The minimum atomic E-state index is 0.537. The average molecular weight is 293 g/mol. The summed E-state index contributed by atoms with van der Waals surface area (Å²) in [6, 6.07) is 3.83. The smallest absolute Gasteiger partial charge is 0.160 e. The van der Waals surface area contributed by atoms with Crippen molar-refractivity contribution in [2.75, 3.05) is 5.73 Å². The van der Waals surface area contributed by atoms with Crippen LogP contribution in [0.15, 0.2) is 35.2 Å². The zero-order chi connectivity index (χ0) is 11.8. The number of rotatable bonds is 2. The third-order valence-electron chi connectivity index (χ3n) is 2.39. The van der Waals surface area contributed by atoms with E-state index in [0.29, 0.717) is 12.2 Å². The Bertz CT molecular complexity index is 670. The molecule has 0 aromatic carbocycles. The monoisotopic (exact) mass is 292 g/mol. The van der Waals surface area contributed by atoms with Crippen LogP contribution in [0, 0.1) is 0 Å². The number of anilines is 1. The van der Waals surface area contributed by atoms with Gasteiger partial charge in [-0.1, -0.05) is 0 Å². The number of fused-ring (bicyclic) bond motifs is 1. The van der Waals surface area contributed by atoms with Crippen LogP contribution in [0.2, 0.25) is 0 Å². The van der Waals surface area contributed by atoms with Crippen molar-refractivity contribution in [2.45, 2.75) is 6.54 Å². The first-order valence-corrected chi connectivity index (χ1v) is 5.79. The molecule has 0 bridgehead atoms. The molecule has 0 aliphatic carbocycles. The maximum atomic E-state index is 5.61. The molecule has 7 heteroatoms. The number of halogens is 1. The van der Waals surface area contributed by atoms with Crippen LogP contribution >= 0.6 is 15.9 Å². The highest BCUT2D eigenvalue weighted by molar-refractivity contribution is 9.10. The summed E-state index contributed by atoms with van der Waals surface area (Å²) < 4.78 is 4.63. The molecule has 2 N–H and O–H groups in total. The maximum absolute atomic E-state index is 5.61. The van der Waals surface area contributed by atoms with E-state index in [9.17, 15) is 0 Å². The molecule has 3 rings (SSSR count). The second kappa shape index (κ2) is 3.85. The molecule has 0 saturated carbocycles. The molecular formula is C10H9BrN6. The summed E-state index contributed by atoms with van der Waals surface area (Å²) in [5.41, 5.74) is 7.06. The first kappa shape index (κ1) is 10.3. The van der Waals surface area contributed by atoms with Crippen LogP contribution in [-0.4, -0.2) is 24.4 Å². The van der Waals surface area contributed by atoms with E-state index in [4.69, 9.17) is 5.73 Å². The quantitative estimate of drug-likeness (QED) is 0.773. The Morgan fingerprint density at radius 2 is 2.12 bits per heavy atom. The average Bonchev–Trinajstić information content (AvgIpc) is 2.87. The Morgan fingerprint density at radius 3 is 2.88 bits per heavy atom. The summed E-state index contributed by atoms with van der Waals surface area (Å²) in [5.74, 6) is 0.810. The molecule has 86 valence electrons. The normalized spacial score (nSPS) is 11.1. The number of hydrogen-bond donors (Lipinski definition) is 1. The molecule has 0 unspecified atom stereocenters. The zero-order valence-corrected chi connectivity index (χ0v) is 10.4. The number of hydrogen-bond acceptors (Lipinski definition) is 4. The Morgan fingerprint density at radius 1 is 1.24 bits per heavy atom. The molecule has 0 aliphatic heterocycles. The molecule has 0 fully saturated rings. The minimum Gasteiger partial charge on any atom is -0.396 e. The molecule has 3 aromatic rings. The fourth-order valence-electron chi connectivity index (χ4n) is 1.63. The highest BCUT2D eigenvalue weighted by Crippen LogP contribution is 2.12. The molecule has 3 heterocycles. The van der Waals surface area contributed by atoms with Crippen LogP contribution in [0.1, 0.15) is 5.82 Å². The lowest BCUT2D eigenvalue weighted by Crippen LogP contribution is -2.04. The van der Waals surface area contributed by atoms with E-state index < -0.39 is 0 Å². The van der Waals surface area contributed by atoms with Crippen LogP contribution < -0.4 is 5.73 Å². The van der Waals surface area contributed by atoms with Gasteiger partial charge in [-0.25, -0.2) is 0 Å². The van der Waals surface area contributed by atoms with Gasteiger partial charge in [0.15, 0.2) is 11.5 Å². The van der Waals surface area contributed by atoms with Crippen LogP contribution in [0.25, 0.3) is 5.65 Å². The zero-order valence-electron chi connectivity index (χ0n) is 8.79. The fourth-order valence-corrected chi connectivity index (χ4v) is 1.97. The molecule has 0 radical (unpaired) electrons. The van der Waals surface area contributed by atoms with Gasteiger partial charge < -0.3 is 5.73 Å². The van der Waals surface area contributed by atoms with Crippen LogP contribution in [0.4, 0.5) is 5.69 Å². The Kier molecular flexibility index (Phi) is 2.32. The van der Waals surface area contributed by atoms with Crippen molar-refractivity contribution in [3.8, 4) is 0 Å². The molecule has 0 aliphatic rings. The Balaban J connectivity index is 2.03. The van der Waals surface area contributed by atoms with E-state index in [1.165, 1.54) is 0 Å². The van der Waals surface area contributed by atoms with Gasteiger partial charge in [-0.2, -0.15) is 5.10 Å². The molecular weight excluding hydrogens is 284 g/mol. The van der Waals surface area contributed by atoms with E-state index in [1.54, 1.807) is 17.1 Å². The summed E-state index contributed by atoms with van der Waals surface area (Å²) in [5, 5.41) is 12.3. The van der Waals surface area contributed by atoms with Gasteiger partial charge in [-0.15, -0.1) is 10.2 Å². The Labute approximate surface area is 105 Å². The largest absolute Gasteiger partial charge is 0.396 e. The van der Waals surface area contributed by atoms with Crippen molar-refractivity contribution in [1.82, 2.24) is 24.4 Å². The summed E-state index contributed by atoms with van der Waals surface area (Å²) in [6.45, 7) is 0.537. The van der Waals surface area contributed by atoms with Crippen molar-refractivity contribution < 1.29 is 0 Å². The fraction of sp³-hybridized carbons (Fsp3) is 0.100. The van der Waals surface area contributed by atoms with Gasteiger partial charge in [0.25, 0.3) is 0 Å². The summed E-state index contributed by atoms with van der Waals surface area (Å²) in [4.78, 5) is 0. The van der Waals surface area contributed by atoms with Gasteiger partial charge in [-0.05, 0) is 28.1 Å². The van der Waals surface area contributed by atoms with Crippen molar-refractivity contribution in [3.63, 3.8) is 0 Å². The SMILES string of the molecule is Nc1cnn(Cc2nnc3ccc(Br)cn23)c1. The van der Waals surface area contributed by atoms with Gasteiger partial charge in [0.2, 0.25) is 0 Å². The van der Waals surface area contributed by atoms with Gasteiger partial charge in [0.1, 0.15) is 6.54 Å².